The van der Waals surface area contributed by atoms with Gasteiger partial charge in [0.05, 0.1) is 35.5 Å². The molecule has 1 N–H and O–H groups in total. The molecule has 0 bridgehead atoms. The van der Waals surface area contributed by atoms with Crippen molar-refractivity contribution in [1.82, 2.24) is 19.5 Å². The van der Waals surface area contributed by atoms with E-state index in [1.165, 1.54) is 5.56 Å². The van der Waals surface area contributed by atoms with Gasteiger partial charge in [0.25, 0.3) is 0 Å². The molecule has 0 saturated heterocycles. The van der Waals surface area contributed by atoms with Crippen LogP contribution < -0.4 is 4.74 Å². The fourth-order valence-corrected chi connectivity index (χ4v) is 6.11. The van der Waals surface area contributed by atoms with Crippen molar-refractivity contribution in [2.24, 2.45) is 0 Å². The molecular formula is C30H28Cl2N4O. The maximum Gasteiger partial charge on any atom is 0.214 e. The summed E-state index contributed by atoms with van der Waals surface area (Å²) in [5.41, 5.74) is 7.68. The van der Waals surface area contributed by atoms with E-state index in [0.29, 0.717) is 17.5 Å². The maximum absolute atomic E-state index is 6.79. The number of rotatable bonds is 6. The van der Waals surface area contributed by atoms with Gasteiger partial charge in [-0.15, -0.1) is 0 Å². The molecular weight excluding hydrogens is 503 g/mol. The van der Waals surface area contributed by atoms with Crippen molar-refractivity contribution in [3.8, 4) is 17.1 Å². The van der Waals surface area contributed by atoms with Crippen molar-refractivity contribution in [1.29, 1.82) is 0 Å². The highest BCUT2D eigenvalue weighted by Gasteiger charge is 2.29. The lowest BCUT2D eigenvalue weighted by atomic mass is 9.87. The zero-order valence-electron chi connectivity index (χ0n) is 20.8. The Balaban J connectivity index is 1.45. The molecule has 6 rings (SSSR count). The molecule has 0 amide bonds. The summed E-state index contributed by atoms with van der Waals surface area (Å²) in [4.78, 5) is 12.8. The number of benzene rings is 2. The molecule has 0 spiro atoms. The van der Waals surface area contributed by atoms with Gasteiger partial charge in [-0.3, -0.25) is 0 Å². The second-order valence-corrected chi connectivity index (χ2v) is 10.8. The average Bonchev–Trinajstić information content (AvgIpc) is 3.51. The van der Waals surface area contributed by atoms with Crippen LogP contribution in [0.4, 0.5) is 0 Å². The molecule has 5 aromatic rings. The van der Waals surface area contributed by atoms with Crippen LogP contribution in [0.15, 0.2) is 67.3 Å². The molecule has 0 fully saturated rings. The Morgan fingerprint density at radius 1 is 1.11 bits per heavy atom. The lowest BCUT2D eigenvalue weighted by molar-refractivity contribution is 0.294. The number of fused-ring (bicyclic) bond motifs is 2. The number of aromatic nitrogens is 4. The normalized spacial score (nSPS) is 15.3. The maximum atomic E-state index is 6.79. The number of pyridine rings is 1. The second kappa shape index (κ2) is 9.88. The first-order valence-corrected chi connectivity index (χ1v) is 13.4. The number of H-pyrrole nitrogens is 1. The van der Waals surface area contributed by atoms with Gasteiger partial charge in [-0.25, -0.2) is 9.97 Å². The number of halogens is 2. The molecule has 3 heterocycles. The highest BCUT2D eigenvalue weighted by atomic mass is 35.5. The molecule has 0 aliphatic heterocycles. The van der Waals surface area contributed by atoms with E-state index in [2.05, 4.69) is 40.6 Å². The van der Waals surface area contributed by atoms with E-state index in [0.717, 1.165) is 63.3 Å². The van der Waals surface area contributed by atoms with Crippen molar-refractivity contribution in [3.63, 3.8) is 0 Å². The molecule has 0 saturated carbocycles. The van der Waals surface area contributed by atoms with Crippen LogP contribution in [0.1, 0.15) is 61.0 Å². The first kappa shape index (κ1) is 24.1. The highest BCUT2D eigenvalue weighted by Crippen LogP contribution is 2.43. The van der Waals surface area contributed by atoms with E-state index in [4.69, 9.17) is 32.9 Å². The Hall–Kier alpha value is -3.28. The Morgan fingerprint density at radius 2 is 1.95 bits per heavy atom. The lowest BCUT2D eigenvalue weighted by Crippen LogP contribution is -2.18. The number of aromatic amines is 1. The molecule has 1 unspecified atom stereocenters. The number of imidazole rings is 1. The molecule has 37 heavy (non-hydrogen) atoms. The van der Waals surface area contributed by atoms with Crippen molar-refractivity contribution < 1.29 is 4.74 Å². The van der Waals surface area contributed by atoms with Crippen LogP contribution in [0, 0.1) is 0 Å². The van der Waals surface area contributed by atoms with Gasteiger partial charge in [0, 0.05) is 33.3 Å². The van der Waals surface area contributed by atoms with Crippen LogP contribution in [0.3, 0.4) is 0 Å². The van der Waals surface area contributed by atoms with Crippen LogP contribution in [-0.4, -0.2) is 19.5 Å². The van der Waals surface area contributed by atoms with E-state index in [9.17, 15) is 0 Å². The van der Waals surface area contributed by atoms with Crippen molar-refractivity contribution >= 4 is 34.1 Å². The third-order valence-electron chi connectivity index (χ3n) is 7.17. The van der Waals surface area contributed by atoms with Gasteiger partial charge in [0.1, 0.15) is 6.61 Å². The highest BCUT2D eigenvalue weighted by molar-refractivity contribution is 6.35. The van der Waals surface area contributed by atoms with E-state index in [-0.39, 0.29) is 12.0 Å². The minimum Gasteiger partial charge on any atom is -0.473 e. The number of nitrogens with one attached hydrogen (secondary N) is 1. The van der Waals surface area contributed by atoms with Crippen molar-refractivity contribution in [2.45, 2.75) is 51.7 Å². The summed E-state index contributed by atoms with van der Waals surface area (Å²) in [6.45, 7) is 4.83. The van der Waals surface area contributed by atoms with Crippen LogP contribution in [0.25, 0.3) is 22.2 Å². The summed E-state index contributed by atoms with van der Waals surface area (Å²) in [6, 6.07) is 16.1. The summed E-state index contributed by atoms with van der Waals surface area (Å²) in [7, 11) is 0. The number of nitrogens with zero attached hydrogens (tertiary/aromatic N) is 3. The molecule has 188 valence electrons. The van der Waals surface area contributed by atoms with Gasteiger partial charge in [-0.1, -0.05) is 67.4 Å². The van der Waals surface area contributed by atoms with E-state index < -0.39 is 0 Å². The van der Waals surface area contributed by atoms with E-state index in [1.54, 1.807) is 0 Å². The number of hydrogen-bond acceptors (Lipinski definition) is 3. The topological polar surface area (TPSA) is 55.7 Å². The molecule has 7 heteroatoms. The molecule has 0 radical (unpaired) electrons. The molecule has 3 aromatic heterocycles. The van der Waals surface area contributed by atoms with Crippen molar-refractivity contribution in [3.05, 3.63) is 99.7 Å². The summed E-state index contributed by atoms with van der Waals surface area (Å²) in [5, 5.41) is 2.46. The van der Waals surface area contributed by atoms with E-state index >= 15 is 0 Å². The average molecular weight is 531 g/mol. The Morgan fingerprint density at radius 3 is 2.76 bits per heavy atom. The van der Waals surface area contributed by atoms with E-state index in [1.807, 2.05) is 55.0 Å². The second-order valence-electron chi connectivity index (χ2n) is 9.95. The zero-order chi connectivity index (χ0) is 25.5. The van der Waals surface area contributed by atoms with Gasteiger partial charge in [0.2, 0.25) is 5.88 Å². The number of ether oxygens (including phenoxy) is 1. The summed E-state index contributed by atoms with van der Waals surface area (Å²) in [6.07, 6.45) is 8.91. The SMILES string of the molecule is CC(C)c1ncn(C2CCCc3cc(Cl)cc(Cl)c32)c1-c1c[nH]c2cnc(OCc3ccccc3)cc12. The molecule has 1 atom stereocenters. The third kappa shape index (κ3) is 4.51. The van der Waals surface area contributed by atoms with Crippen LogP contribution in [-0.2, 0) is 13.0 Å². The van der Waals surface area contributed by atoms with Crippen molar-refractivity contribution in [2.75, 3.05) is 0 Å². The smallest absolute Gasteiger partial charge is 0.214 e. The van der Waals surface area contributed by atoms with Crippen LogP contribution in [0.5, 0.6) is 5.88 Å². The Bertz CT molecular complexity index is 1570. The van der Waals surface area contributed by atoms with Gasteiger partial charge >= 0.3 is 0 Å². The minimum atomic E-state index is 0.0871. The predicted octanol–water partition coefficient (Wildman–Crippen LogP) is 8.36. The summed E-state index contributed by atoms with van der Waals surface area (Å²) >= 11 is 13.1. The molecule has 1 aliphatic carbocycles. The number of hydrogen-bond donors (Lipinski definition) is 1. The zero-order valence-corrected chi connectivity index (χ0v) is 22.4. The van der Waals surface area contributed by atoms with Gasteiger partial charge in [-0.2, -0.15) is 0 Å². The largest absolute Gasteiger partial charge is 0.473 e. The molecule has 1 aliphatic rings. The standard InChI is InChI=1S/C30H28Cl2N4O/c1-18(2)29-30(36(17-35-29)26-10-6-9-20-11-21(31)12-24(32)28(20)26)23-14-33-25-15-34-27(13-22(23)25)37-16-19-7-4-3-5-8-19/h3-5,7-8,11-15,17-18,26,33H,6,9-10,16H2,1-2H3. The van der Waals surface area contributed by atoms with Crippen LogP contribution >= 0.6 is 23.2 Å². The fourth-order valence-electron chi connectivity index (χ4n) is 5.45. The monoisotopic (exact) mass is 530 g/mol. The molecule has 5 nitrogen and oxygen atoms in total. The minimum absolute atomic E-state index is 0.0871. The number of aryl methyl sites for hydroxylation is 1. The summed E-state index contributed by atoms with van der Waals surface area (Å²) < 4.78 is 8.37. The Labute approximate surface area is 226 Å². The lowest BCUT2D eigenvalue weighted by Gasteiger charge is -2.29. The van der Waals surface area contributed by atoms with Gasteiger partial charge in [-0.05, 0) is 54.0 Å². The first-order valence-electron chi connectivity index (χ1n) is 12.7. The summed E-state index contributed by atoms with van der Waals surface area (Å²) in [5.74, 6) is 0.843. The third-order valence-corrected chi connectivity index (χ3v) is 7.70. The first-order chi connectivity index (χ1) is 18.0. The molecule has 2 aromatic carbocycles. The Kier molecular flexibility index (Phi) is 6.43. The van der Waals surface area contributed by atoms with Gasteiger partial charge < -0.3 is 14.3 Å². The van der Waals surface area contributed by atoms with Gasteiger partial charge in [0.15, 0.2) is 0 Å². The van der Waals surface area contributed by atoms with Crippen LogP contribution in [0.2, 0.25) is 10.0 Å². The fraction of sp³-hybridized carbons (Fsp3) is 0.267. The predicted molar refractivity (Wildman–Crippen MR) is 150 cm³/mol. The quantitative estimate of drug-likeness (QED) is 0.240.